The van der Waals surface area contributed by atoms with Crippen LogP contribution >= 0.6 is 0 Å². The largest absolute Gasteiger partial charge is 0.310 e. The Morgan fingerprint density at radius 2 is 0.569 bits per heavy atom. The predicted molar refractivity (Wildman–Crippen MR) is 417 cm³/mol. The molecule has 19 aromatic rings. The Hall–Kier alpha value is -13.7. The van der Waals surface area contributed by atoms with Gasteiger partial charge in [0.15, 0.2) is 0 Å². The van der Waals surface area contributed by atoms with Crippen molar-refractivity contribution in [3.63, 3.8) is 0 Å². The van der Waals surface area contributed by atoms with Crippen LogP contribution in [-0.2, 0) is 5.41 Å². The van der Waals surface area contributed by atoms with E-state index in [0.29, 0.717) is 0 Å². The Labute approximate surface area is 588 Å². The van der Waals surface area contributed by atoms with Gasteiger partial charge in [0.25, 0.3) is 0 Å². The Balaban J connectivity index is 0.780. The van der Waals surface area contributed by atoms with Crippen LogP contribution in [0.1, 0.15) is 22.3 Å². The number of para-hydroxylation sites is 11. The van der Waals surface area contributed by atoms with E-state index in [2.05, 4.69) is 387 Å². The van der Waals surface area contributed by atoms with Gasteiger partial charge in [-0.1, -0.05) is 212 Å². The number of fused-ring (bicyclic) bond motifs is 15. The molecule has 15 aromatic carbocycles. The molecule has 21 rings (SSSR count). The Kier molecular flexibility index (Phi) is 12.8. The van der Waals surface area contributed by atoms with Crippen LogP contribution in [0.3, 0.4) is 0 Å². The zero-order chi connectivity index (χ0) is 67.0. The number of nitrogens with zero attached hydrogens (tertiary/aromatic N) is 8. The molecule has 1 aliphatic heterocycles. The lowest BCUT2D eigenvalue weighted by Gasteiger charge is -2.45. The lowest BCUT2D eigenvalue weighted by atomic mass is 9.64. The van der Waals surface area contributed by atoms with Crippen molar-refractivity contribution in [2.75, 3.05) is 4.90 Å². The molecule has 8 nitrogen and oxygen atoms in total. The molecule has 2 aliphatic rings. The quantitative estimate of drug-likeness (QED) is 0.137. The van der Waals surface area contributed by atoms with Crippen molar-refractivity contribution in [3.8, 4) is 90.3 Å². The highest BCUT2D eigenvalue weighted by molar-refractivity contribution is 6.14. The average molecular weight is 1300 g/mol. The second-order valence-corrected chi connectivity index (χ2v) is 26.7. The summed E-state index contributed by atoms with van der Waals surface area (Å²) in [5.74, 6) is 2.71. The first-order valence-corrected chi connectivity index (χ1v) is 34.8. The van der Waals surface area contributed by atoms with E-state index in [0.717, 1.165) is 146 Å². The van der Waals surface area contributed by atoms with E-state index in [4.69, 9.17) is 15.0 Å². The fraction of sp³-hybridized carbons (Fsp3) is 0.0106. The Morgan fingerprint density at radius 3 is 1.10 bits per heavy atom. The smallest absolute Gasteiger partial charge is 0.145 e. The van der Waals surface area contributed by atoms with Gasteiger partial charge in [0.05, 0.1) is 60.9 Å². The molecule has 0 atom stereocenters. The molecule has 0 bridgehead atoms. The molecule has 0 saturated carbocycles. The standard InChI is InChI=1S/C94H60N8/c1-5-23-63(24-6-1)91-95-83-35-17-22-40-89(83)102(91)72-51-45-62(46-52-72)66-50-56-84-75(57-66)76-59-80-74(60-90(76)98(84)71-53-47-65(48-54-71)93-97-82-34-16-21-39-88(82)101(93)70-29-11-4-12-30-70)73-55-49-67(61-41-43-64(44-42-61)92-96-81-33-15-20-38-87(81)100(92)69-27-9-3-10-28-69)58-79(73)94(80)77-31-13-18-36-85(77)99(68-25-7-2-8-26-68)86-37-19-14-32-78(86)94/h1-60H. The highest BCUT2D eigenvalue weighted by atomic mass is 15.2. The van der Waals surface area contributed by atoms with Crippen LogP contribution in [0.15, 0.2) is 364 Å². The molecule has 8 heteroatoms. The number of benzene rings is 15. The molecule has 0 radical (unpaired) electrons. The first kappa shape index (κ1) is 57.4. The van der Waals surface area contributed by atoms with Gasteiger partial charge < -0.3 is 9.47 Å². The van der Waals surface area contributed by atoms with E-state index in [1.54, 1.807) is 0 Å². The van der Waals surface area contributed by atoms with Gasteiger partial charge in [-0.25, -0.2) is 15.0 Å². The van der Waals surface area contributed by atoms with Crippen LogP contribution < -0.4 is 4.90 Å². The maximum absolute atomic E-state index is 5.31. The summed E-state index contributed by atoms with van der Waals surface area (Å²) >= 11 is 0. The van der Waals surface area contributed by atoms with E-state index in [9.17, 15) is 0 Å². The predicted octanol–water partition coefficient (Wildman–Crippen LogP) is 23.3. The molecule has 0 unspecified atom stereocenters. The summed E-state index contributed by atoms with van der Waals surface area (Å²) in [6.45, 7) is 0. The van der Waals surface area contributed by atoms with E-state index < -0.39 is 5.41 Å². The Morgan fingerprint density at radius 1 is 0.206 bits per heavy atom. The summed E-state index contributed by atoms with van der Waals surface area (Å²) in [7, 11) is 0. The van der Waals surface area contributed by atoms with Gasteiger partial charge in [-0.3, -0.25) is 13.7 Å². The van der Waals surface area contributed by atoms with Gasteiger partial charge in [0.1, 0.15) is 17.5 Å². The fourth-order valence-electron chi connectivity index (χ4n) is 16.7. The second-order valence-electron chi connectivity index (χ2n) is 26.7. The highest BCUT2D eigenvalue weighted by Crippen LogP contribution is 2.65. The van der Waals surface area contributed by atoms with Gasteiger partial charge >= 0.3 is 0 Å². The topological polar surface area (TPSA) is 61.6 Å². The van der Waals surface area contributed by atoms with Crippen molar-refractivity contribution in [3.05, 3.63) is 386 Å². The summed E-state index contributed by atoms with van der Waals surface area (Å²) in [6, 6.07) is 133. The third kappa shape index (κ3) is 8.66. The molecule has 0 amide bonds. The normalized spacial score (nSPS) is 12.8. The molecule has 1 spiro atoms. The Bertz CT molecular complexity index is 6480. The minimum atomic E-state index is -0.766. The van der Waals surface area contributed by atoms with Gasteiger partial charge in [-0.2, -0.15) is 0 Å². The minimum Gasteiger partial charge on any atom is -0.310 e. The molecule has 0 saturated heterocycles. The fourth-order valence-corrected chi connectivity index (χ4v) is 16.7. The van der Waals surface area contributed by atoms with Gasteiger partial charge in [0, 0.05) is 55.9 Å². The summed E-state index contributed by atoms with van der Waals surface area (Å²) in [5.41, 5.74) is 30.1. The number of rotatable bonds is 10. The molecule has 5 heterocycles. The van der Waals surface area contributed by atoms with Crippen LogP contribution in [0.5, 0.6) is 0 Å². The van der Waals surface area contributed by atoms with Gasteiger partial charge in [0.2, 0.25) is 0 Å². The number of aromatic nitrogens is 7. The molecule has 0 fully saturated rings. The van der Waals surface area contributed by atoms with Gasteiger partial charge in [-0.05, 0) is 207 Å². The monoisotopic (exact) mass is 1300 g/mol. The molecule has 102 heavy (non-hydrogen) atoms. The van der Waals surface area contributed by atoms with Crippen LogP contribution in [0.2, 0.25) is 0 Å². The lowest BCUT2D eigenvalue weighted by molar-refractivity contribution is 0.754. The van der Waals surface area contributed by atoms with E-state index >= 15 is 0 Å². The highest BCUT2D eigenvalue weighted by Gasteiger charge is 2.52. The first-order valence-electron chi connectivity index (χ1n) is 34.8. The van der Waals surface area contributed by atoms with E-state index in [1.807, 2.05) is 0 Å². The summed E-state index contributed by atoms with van der Waals surface area (Å²) in [6.07, 6.45) is 0. The van der Waals surface area contributed by atoms with Crippen LogP contribution in [0.4, 0.5) is 17.1 Å². The zero-order valence-electron chi connectivity index (χ0n) is 55.2. The van der Waals surface area contributed by atoms with Crippen molar-refractivity contribution >= 4 is 72.0 Å². The van der Waals surface area contributed by atoms with Crippen molar-refractivity contribution in [2.24, 2.45) is 0 Å². The average Bonchev–Trinajstić information content (AvgIpc) is 1.47. The van der Waals surface area contributed by atoms with Gasteiger partial charge in [-0.15, -0.1) is 0 Å². The third-order valence-electron chi connectivity index (χ3n) is 21.2. The summed E-state index contributed by atoms with van der Waals surface area (Å²) in [4.78, 5) is 18.2. The van der Waals surface area contributed by atoms with Crippen molar-refractivity contribution in [2.45, 2.75) is 5.41 Å². The van der Waals surface area contributed by atoms with E-state index in [1.165, 1.54) is 38.8 Å². The molecule has 4 aromatic heterocycles. The van der Waals surface area contributed by atoms with Crippen molar-refractivity contribution in [1.82, 2.24) is 33.2 Å². The van der Waals surface area contributed by atoms with Crippen LogP contribution in [0, 0.1) is 0 Å². The van der Waals surface area contributed by atoms with Crippen molar-refractivity contribution in [1.29, 1.82) is 0 Å². The molecule has 0 N–H and O–H groups in total. The first-order chi connectivity index (χ1) is 50.6. The molecular formula is C94H60N8. The van der Waals surface area contributed by atoms with Crippen LogP contribution in [-0.4, -0.2) is 33.2 Å². The minimum absolute atomic E-state index is 0.766. The number of imidazole rings is 3. The molecule has 476 valence electrons. The second kappa shape index (κ2) is 22.7. The molecule has 1 aliphatic carbocycles. The summed E-state index contributed by atoms with van der Waals surface area (Å²) < 4.78 is 9.33. The lowest BCUT2D eigenvalue weighted by Crippen LogP contribution is -2.36. The SMILES string of the molecule is c1ccc(-c2nc3ccccc3n2-c2ccc(-c3ccc4c(c3)c3cc5c(cc3n4-c3ccc(-c4nc6ccccc6n4-c4ccccc4)cc3)-c3ccc(-c4ccc(-c6nc7ccccc7n6-c6ccccc6)cc4)cc3C53c4ccccc4N(c4ccccc4)c4ccccc43)cc2)cc1. The summed E-state index contributed by atoms with van der Waals surface area (Å²) in [5, 5.41) is 2.33. The third-order valence-corrected chi connectivity index (χ3v) is 21.2. The van der Waals surface area contributed by atoms with E-state index in [-0.39, 0.29) is 0 Å². The number of anilines is 3. The number of hydrogen-bond acceptors (Lipinski definition) is 4. The number of hydrogen-bond donors (Lipinski definition) is 0. The maximum Gasteiger partial charge on any atom is 0.145 e. The van der Waals surface area contributed by atoms with Crippen molar-refractivity contribution < 1.29 is 0 Å². The van der Waals surface area contributed by atoms with Crippen LogP contribution in [0.25, 0.3) is 145 Å². The molecular weight excluding hydrogens is 1240 g/mol. The zero-order valence-corrected chi connectivity index (χ0v) is 55.2. The maximum atomic E-state index is 5.31.